The van der Waals surface area contributed by atoms with Gasteiger partial charge in [0.1, 0.15) is 0 Å². The molecule has 4 aromatic heterocycles. The third-order valence-corrected chi connectivity index (χ3v) is 22.6. The molecule has 0 N–H and O–H groups in total. The molecule has 2 amide bonds. The van der Waals surface area contributed by atoms with Gasteiger partial charge < -0.3 is 9.80 Å². The van der Waals surface area contributed by atoms with Crippen LogP contribution in [-0.2, 0) is 9.59 Å². The van der Waals surface area contributed by atoms with Crippen molar-refractivity contribution in [2.45, 2.75) is 285 Å². The molecule has 0 aliphatic carbocycles. The maximum Gasteiger partial charge on any atom is 0.261 e. The van der Waals surface area contributed by atoms with Crippen molar-refractivity contribution >= 4 is 68.6 Å². The van der Waals surface area contributed by atoms with Crippen LogP contribution in [0.5, 0.6) is 0 Å². The lowest BCUT2D eigenvalue weighted by Crippen LogP contribution is -2.34. The van der Waals surface area contributed by atoms with E-state index in [2.05, 4.69) is 121 Å². The smallest absolute Gasteiger partial charge is 0.261 e. The summed E-state index contributed by atoms with van der Waals surface area (Å²) in [7, 11) is 0. The highest BCUT2D eigenvalue weighted by molar-refractivity contribution is 7.24. The number of hydrogen-bond acceptors (Lipinski definition) is 6. The van der Waals surface area contributed by atoms with Crippen LogP contribution in [-0.4, -0.2) is 34.7 Å². The molecule has 462 valence electrons. The highest BCUT2D eigenvalue weighted by Gasteiger charge is 2.50. The van der Waals surface area contributed by atoms with Crippen molar-refractivity contribution in [2.75, 3.05) is 13.1 Å². The SMILES string of the molecule is CCCCCCCCCCCCC(CCCCCCCCCC)CN1C(=O)C2=C(c3ccc(-c4ccc(-c5ccc(-c6cccs6)cc5)s4)s3)N(CC(CCCCCCCCCC)CCCCCCCCCCCC)C(=O)C2=C1c1cccs1. The van der Waals surface area contributed by atoms with Crippen LogP contribution in [0.3, 0.4) is 0 Å². The molecule has 5 aromatic rings. The number of benzene rings is 1. The van der Waals surface area contributed by atoms with E-state index in [-0.39, 0.29) is 11.8 Å². The minimum Gasteiger partial charge on any atom is -0.306 e. The van der Waals surface area contributed by atoms with Gasteiger partial charge in [-0.1, -0.05) is 295 Å². The molecule has 8 heteroatoms. The van der Waals surface area contributed by atoms with Gasteiger partial charge in [0.05, 0.1) is 32.3 Å². The first-order chi connectivity index (χ1) is 41.4. The molecule has 6 heterocycles. The molecule has 2 unspecified atom stereocenters. The zero-order chi connectivity index (χ0) is 58.8. The van der Waals surface area contributed by atoms with E-state index in [0.717, 1.165) is 46.8 Å². The Labute approximate surface area is 528 Å². The largest absolute Gasteiger partial charge is 0.306 e. The number of fused-ring (bicyclic) bond motifs is 1. The highest BCUT2D eigenvalue weighted by atomic mass is 32.1. The Morgan fingerprint density at radius 1 is 0.310 bits per heavy atom. The van der Waals surface area contributed by atoms with E-state index in [4.69, 9.17) is 0 Å². The Hall–Kier alpha value is -3.56. The minimum absolute atomic E-state index is 0.0527. The van der Waals surface area contributed by atoms with Crippen molar-refractivity contribution in [3.05, 3.63) is 104 Å². The van der Waals surface area contributed by atoms with Gasteiger partial charge >= 0.3 is 0 Å². The van der Waals surface area contributed by atoms with Gasteiger partial charge in [0, 0.05) is 32.6 Å². The zero-order valence-electron chi connectivity index (χ0n) is 53.3. The maximum atomic E-state index is 15.9. The normalized spacial score (nSPS) is 14.3. The predicted molar refractivity (Wildman–Crippen MR) is 372 cm³/mol. The van der Waals surface area contributed by atoms with Crippen LogP contribution in [0, 0.1) is 11.8 Å². The average Bonchev–Trinajstić information content (AvgIpc) is 1.81. The van der Waals surface area contributed by atoms with E-state index < -0.39 is 0 Å². The molecule has 4 nitrogen and oxygen atoms in total. The molecular weight excluding hydrogens is 1100 g/mol. The van der Waals surface area contributed by atoms with Gasteiger partial charge in [0.2, 0.25) is 0 Å². The monoisotopic (exact) mass is 1210 g/mol. The number of amides is 2. The lowest BCUT2D eigenvalue weighted by atomic mass is 9.93. The van der Waals surface area contributed by atoms with Crippen molar-refractivity contribution in [3.63, 3.8) is 0 Å². The number of thiophene rings is 4. The fourth-order valence-corrected chi connectivity index (χ4v) is 17.0. The summed E-state index contributed by atoms with van der Waals surface area (Å²) in [5.41, 5.74) is 5.60. The van der Waals surface area contributed by atoms with E-state index in [1.807, 2.05) is 11.3 Å². The zero-order valence-corrected chi connectivity index (χ0v) is 56.5. The van der Waals surface area contributed by atoms with Crippen LogP contribution in [0.2, 0.25) is 0 Å². The van der Waals surface area contributed by atoms with E-state index in [9.17, 15) is 0 Å². The summed E-state index contributed by atoms with van der Waals surface area (Å²) >= 11 is 7.08. The molecule has 84 heavy (non-hydrogen) atoms. The third-order valence-electron chi connectivity index (χ3n) is 18.3. The molecular formula is C76H112N2O2S4. The lowest BCUT2D eigenvalue weighted by Gasteiger charge is -2.29. The van der Waals surface area contributed by atoms with Gasteiger partial charge in [-0.05, 0) is 95.8 Å². The van der Waals surface area contributed by atoms with Gasteiger partial charge in [0.15, 0.2) is 0 Å². The lowest BCUT2D eigenvalue weighted by molar-refractivity contribution is -0.124. The first kappa shape index (κ1) is 67.9. The van der Waals surface area contributed by atoms with Crippen LogP contribution in [0.4, 0.5) is 0 Å². The van der Waals surface area contributed by atoms with Crippen molar-refractivity contribution in [2.24, 2.45) is 11.8 Å². The molecule has 0 radical (unpaired) electrons. The molecule has 0 spiro atoms. The Bertz CT molecular complexity index is 2610. The number of carbonyl (C=O) groups excluding carboxylic acids is 2. The first-order valence-electron chi connectivity index (χ1n) is 35.0. The molecule has 0 saturated heterocycles. The van der Waals surface area contributed by atoms with E-state index in [0.29, 0.717) is 36.1 Å². The third kappa shape index (κ3) is 21.9. The summed E-state index contributed by atoms with van der Waals surface area (Å²) in [6, 6.07) is 26.6. The molecule has 7 rings (SSSR count). The van der Waals surface area contributed by atoms with E-state index in [1.165, 1.54) is 262 Å². The van der Waals surface area contributed by atoms with Crippen LogP contribution < -0.4 is 0 Å². The topological polar surface area (TPSA) is 40.6 Å². The second-order valence-electron chi connectivity index (χ2n) is 25.3. The number of carbonyl (C=O) groups is 2. The fourth-order valence-electron chi connectivity index (χ4n) is 13.3. The molecule has 2 atom stereocenters. The van der Waals surface area contributed by atoms with Crippen LogP contribution in [0.15, 0.2) is 94.7 Å². The Balaban J connectivity index is 1.16. The molecule has 1 aromatic carbocycles. The Morgan fingerprint density at radius 3 is 0.940 bits per heavy atom. The second-order valence-corrected chi connectivity index (χ2v) is 29.4. The van der Waals surface area contributed by atoms with Gasteiger partial charge in [-0.3, -0.25) is 9.59 Å². The molecule has 2 aliphatic rings. The number of rotatable bonds is 49. The van der Waals surface area contributed by atoms with Gasteiger partial charge in [-0.2, -0.15) is 0 Å². The van der Waals surface area contributed by atoms with Crippen molar-refractivity contribution in [1.82, 2.24) is 9.80 Å². The standard InChI is InChI=1S/C76H112N2O2S4/c1-5-9-13-17-21-25-27-31-35-39-44-61(43-37-33-29-23-19-15-11-7-3)59-77-73(69-48-42-58-82-69)71-72(76(77)80)74(70-56-55-68(84-70)67-54-53-66(83-67)64-51-49-63(50-52-64)65-47-41-57-81-65)78(75(71)79)60-62(45-38-34-30-24-20-16-12-8-4)46-40-36-32-28-26-22-18-14-10-6-2/h41-42,47-58,61-62H,5-40,43-46,59-60H2,1-4H3. The minimum atomic E-state index is 0.0527. The number of unbranched alkanes of at least 4 members (excludes halogenated alkanes) is 32. The summed E-state index contributed by atoms with van der Waals surface area (Å²) in [6.07, 6.45) is 52.0. The Morgan fingerprint density at radius 2 is 0.595 bits per heavy atom. The maximum absolute atomic E-state index is 15.9. The van der Waals surface area contributed by atoms with Crippen molar-refractivity contribution < 1.29 is 9.59 Å². The summed E-state index contributed by atoms with van der Waals surface area (Å²) in [5.74, 6) is 0.893. The summed E-state index contributed by atoms with van der Waals surface area (Å²) < 4.78 is 0. The van der Waals surface area contributed by atoms with Crippen LogP contribution in [0.1, 0.15) is 294 Å². The number of nitrogens with zero attached hydrogens (tertiary/aromatic N) is 2. The molecule has 0 fully saturated rings. The molecule has 0 saturated carbocycles. The summed E-state index contributed by atoms with van der Waals surface area (Å²) in [6.45, 7) is 10.6. The second kappa shape index (κ2) is 40.1. The van der Waals surface area contributed by atoms with Crippen LogP contribution >= 0.6 is 45.3 Å². The fraction of sp³-hybridized carbons (Fsp3) is 0.632. The van der Waals surface area contributed by atoms with Gasteiger partial charge in [-0.25, -0.2) is 0 Å². The van der Waals surface area contributed by atoms with Crippen LogP contribution in [0.25, 0.3) is 42.0 Å². The summed E-state index contributed by atoms with van der Waals surface area (Å²) in [4.78, 5) is 43.2. The highest BCUT2D eigenvalue weighted by Crippen LogP contribution is 2.51. The van der Waals surface area contributed by atoms with Crippen molar-refractivity contribution in [3.8, 4) is 30.6 Å². The number of hydrogen-bond donors (Lipinski definition) is 0. The summed E-state index contributed by atoms with van der Waals surface area (Å²) in [5, 5.41) is 4.28. The molecule has 2 aliphatic heterocycles. The Kier molecular flexibility index (Phi) is 32.4. The van der Waals surface area contributed by atoms with E-state index in [1.54, 1.807) is 34.0 Å². The van der Waals surface area contributed by atoms with Gasteiger partial charge in [-0.15, -0.1) is 45.3 Å². The van der Waals surface area contributed by atoms with E-state index >= 15 is 9.59 Å². The quantitative estimate of drug-likeness (QED) is 0.0364. The van der Waals surface area contributed by atoms with Gasteiger partial charge in [0.25, 0.3) is 11.8 Å². The average molecular weight is 1210 g/mol. The molecule has 0 bridgehead atoms. The first-order valence-corrected chi connectivity index (χ1v) is 38.4. The predicted octanol–water partition coefficient (Wildman–Crippen LogP) is 25.7. The van der Waals surface area contributed by atoms with Crippen molar-refractivity contribution in [1.29, 1.82) is 0 Å².